The number of benzene rings is 1. The summed E-state index contributed by atoms with van der Waals surface area (Å²) >= 11 is 3.51. The monoisotopic (exact) mass is 348 g/mol. The molecule has 4 heteroatoms. The van der Waals surface area contributed by atoms with Crippen molar-refractivity contribution in [1.82, 2.24) is 10.3 Å². The lowest BCUT2D eigenvalue weighted by Gasteiger charge is -2.15. The van der Waals surface area contributed by atoms with Gasteiger partial charge in [0.2, 0.25) is 5.88 Å². The Balaban J connectivity index is 2.30. The van der Waals surface area contributed by atoms with Gasteiger partial charge in [-0.05, 0) is 66.5 Å². The fourth-order valence-corrected chi connectivity index (χ4v) is 2.52. The van der Waals surface area contributed by atoms with Crippen LogP contribution >= 0.6 is 15.9 Å². The Labute approximate surface area is 134 Å². The zero-order valence-corrected chi connectivity index (χ0v) is 14.3. The molecule has 3 nitrogen and oxygen atoms in total. The summed E-state index contributed by atoms with van der Waals surface area (Å²) in [5, 5.41) is 3.42. The van der Waals surface area contributed by atoms with Gasteiger partial charge in [-0.15, -0.1) is 0 Å². The van der Waals surface area contributed by atoms with Gasteiger partial charge >= 0.3 is 0 Å². The predicted molar refractivity (Wildman–Crippen MR) is 89.9 cm³/mol. The minimum absolute atomic E-state index is 0.683. The number of hydrogen-bond donors (Lipinski definition) is 1. The van der Waals surface area contributed by atoms with E-state index >= 15 is 0 Å². The van der Waals surface area contributed by atoms with E-state index in [0.717, 1.165) is 41.0 Å². The summed E-state index contributed by atoms with van der Waals surface area (Å²) in [6, 6.07) is 9.92. The zero-order valence-electron chi connectivity index (χ0n) is 12.7. The average molecular weight is 349 g/mol. The Bertz CT molecular complexity index is 614. The van der Waals surface area contributed by atoms with Crippen LogP contribution in [-0.4, -0.2) is 11.5 Å². The lowest BCUT2D eigenvalue weighted by Crippen LogP contribution is -2.16. The van der Waals surface area contributed by atoms with Gasteiger partial charge in [0, 0.05) is 17.8 Å². The molecule has 0 unspecified atom stereocenters. The minimum Gasteiger partial charge on any atom is -0.437 e. The number of ether oxygens (including phenoxy) is 1. The molecule has 112 valence electrons. The van der Waals surface area contributed by atoms with Crippen LogP contribution in [0.3, 0.4) is 0 Å². The fraction of sp³-hybridized carbons (Fsp3) is 0.353. The third kappa shape index (κ3) is 4.29. The van der Waals surface area contributed by atoms with Gasteiger partial charge in [0.25, 0.3) is 0 Å². The van der Waals surface area contributed by atoms with Crippen molar-refractivity contribution in [2.45, 2.75) is 33.7 Å². The Morgan fingerprint density at radius 3 is 2.71 bits per heavy atom. The third-order valence-corrected chi connectivity index (χ3v) is 3.86. The molecular weight excluding hydrogens is 328 g/mol. The van der Waals surface area contributed by atoms with Crippen LogP contribution < -0.4 is 10.1 Å². The highest BCUT2D eigenvalue weighted by atomic mass is 79.9. The van der Waals surface area contributed by atoms with Gasteiger partial charge in [0.1, 0.15) is 5.75 Å². The van der Waals surface area contributed by atoms with Gasteiger partial charge in [0.15, 0.2) is 0 Å². The van der Waals surface area contributed by atoms with Crippen LogP contribution in [0.5, 0.6) is 11.6 Å². The predicted octanol–water partition coefficient (Wildman–Crippen LogP) is 4.75. The molecule has 0 bridgehead atoms. The summed E-state index contributed by atoms with van der Waals surface area (Å²) in [6.45, 7) is 8.01. The van der Waals surface area contributed by atoms with E-state index in [-0.39, 0.29) is 0 Å². The summed E-state index contributed by atoms with van der Waals surface area (Å²) in [5.41, 5.74) is 3.28. The molecule has 2 rings (SSSR count). The molecule has 0 saturated heterocycles. The molecule has 1 N–H and O–H groups in total. The molecule has 0 atom stereocenters. The first-order valence-electron chi connectivity index (χ1n) is 7.22. The Morgan fingerprint density at radius 2 is 2.00 bits per heavy atom. The summed E-state index contributed by atoms with van der Waals surface area (Å²) in [6.07, 6.45) is 1.11. The maximum absolute atomic E-state index is 6.03. The first kappa shape index (κ1) is 16.0. The smallest absolute Gasteiger partial charge is 0.224 e. The fourth-order valence-electron chi connectivity index (χ4n) is 2.15. The third-order valence-electron chi connectivity index (χ3n) is 3.21. The van der Waals surface area contributed by atoms with Crippen molar-refractivity contribution in [3.8, 4) is 11.6 Å². The molecule has 1 aromatic heterocycles. The molecule has 0 spiro atoms. The van der Waals surface area contributed by atoms with E-state index in [1.807, 2.05) is 31.2 Å². The van der Waals surface area contributed by atoms with Crippen LogP contribution in [0, 0.1) is 13.8 Å². The second-order valence-corrected chi connectivity index (χ2v) is 5.93. The van der Waals surface area contributed by atoms with Crippen molar-refractivity contribution >= 4 is 15.9 Å². The summed E-state index contributed by atoms with van der Waals surface area (Å²) in [5.74, 6) is 1.47. The highest BCUT2D eigenvalue weighted by Crippen LogP contribution is 2.31. The van der Waals surface area contributed by atoms with E-state index in [2.05, 4.69) is 46.1 Å². The quantitative estimate of drug-likeness (QED) is 0.764. The van der Waals surface area contributed by atoms with Crippen LogP contribution in [-0.2, 0) is 6.54 Å². The van der Waals surface area contributed by atoms with Crippen molar-refractivity contribution in [2.75, 3.05) is 6.54 Å². The van der Waals surface area contributed by atoms with Crippen LogP contribution in [0.2, 0.25) is 0 Å². The Kier molecular flexibility index (Phi) is 5.76. The highest BCUT2D eigenvalue weighted by molar-refractivity contribution is 9.10. The molecular formula is C17H21BrN2O. The number of aryl methyl sites for hydroxylation is 2. The minimum atomic E-state index is 0.683. The summed E-state index contributed by atoms with van der Waals surface area (Å²) < 4.78 is 6.96. The van der Waals surface area contributed by atoms with Crippen molar-refractivity contribution < 1.29 is 4.74 Å². The molecule has 1 heterocycles. The SMILES string of the molecule is CCCNCc1c(C)cc(C)nc1Oc1ccccc1Br. The Hall–Kier alpha value is -1.39. The standard InChI is InChI=1S/C17H21BrN2O/c1-4-9-19-11-14-12(2)10-13(3)20-17(14)21-16-8-6-5-7-15(16)18/h5-8,10,19H,4,9,11H2,1-3H3. The second kappa shape index (κ2) is 7.57. The number of aromatic nitrogens is 1. The lowest BCUT2D eigenvalue weighted by molar-refractivity contribution is 0.448. The second-order valence-electron chi connectivity index (χ2n) is 5.07. The molecule has 21 heavy (non-hydrogen) atoms. The van der Waals surface area contributed by atoms with Gasteiger partial charge in [-0.2, -0.15) is 0 Å². The van der Waals surface area contributed by atoms with Gasteiger partial charge in [-0.25, -0.2) is 4.98 Å². The summed E-state index contributed by atoms with van der Waals surface area (Å²) in [7, 11) is 0. The number of nitrogens with zero attached hydrogens (tertiary/aromatic N) is 1. The van der Waals surface area contributed by atoms with Crippen LogP contribution in [0.4, 0.5) is 0 Å². The van der Waals surface area contributed by atoms with Gasteiger partial charge < -0.3 is 10.1 Å². The van der Waals surface area contributed by atoms with Crippen molar-refractivity contribution in [3.63, 3.8) is 0 Å². The molecule has 0 aliphatic carbocycles. The van der Waals surface area contributed by atoms with Crippen LogP contribution in [0.1, 0.15) is 30.2 Å². The van der Waals surface area contributed by atoms with Gasteiger partial charge in [-0.3, -0.25) is 0 Å². The molecule has 1 aromatic carbocycles. The normalized spacial score (nSPS) is 10.7. The number of hydrogen-bond acceptors (Lipinski definition) is 3. The van der Waals surface area contributed by atoms with Crippen LogP contribution in [0.25, 0.3) is 0 Å². The van der Waals surface area contributed by atoms with Crippen molar-refractivity contribution in [3.05, 3.63) is 51.6 Å². The maximum atomic E-state index is 6.03. The first-order valence-corrected chi connectivity index (χ1v) is 8.01. The van der Waals surface area contributed by atoms with E-state index < -0.39 is 0 Å². The largest absolute Gasteiger partial charge is 0.437 e. The molecule has 0 amide bonds. The van der Waals surface area contributed by atoms with Gasteiger partial charge in [-0.1, -0.05) is 19.1 Å². The molecule has 0 aliphatic heterocycles. The zero-order chi connectivity index (χ0) is 15.2. The van der Waals surface area contributed by atoms with E-state index in [1.165, 1.54) is 5.56 Å². The van der Waals surface area contributed by atoms with Crippen molar-refractivity contribution in [1.29, 1.82) is 0 Å². The maximum Gasteiger partial charge on any atom is 0.224 e. The van der Waals surface area contributed by atoms with Crippen LogP contribution in [0.15, 0.2) is 34.8 Å². The van der Waals surface area contributed by atoms with E-state index in [9.17, 15) is 0 Å². The molecule has 2 aromatic rings. The number of rotatable bonds is 6. The topological polar surface area (TPSA) is 34.2 Å². The molecule has 0 radical (unpaired) electrons. The summed E-state index contributed by atoms with van der Waals surface area (Å²) in [4.78, 5) is 4.57. The van der Waals surface area contributed by atoms with E-state index in [4.69, 9.17) is 4.74 Å². The average Bonchev–Trinajstić information content (AvgIpc) is 2.44. The highest BCUT2D eigenvalue weighted by Gasteiger charge is 2.12. The first-order chi connectivity index (χ1) is 10.1. The van der Waals surface area contributed by atoms with E-state index in [0.29, 0.717) is 5.88 Å². The molecule has 0 fully saturated rings. The number of halogens is 1. The molecule has 0 saturated carbocycles. The van der Waals surface area contributed by atoms with Crippen molar-refractivity contribution in [2.24, 2.45) is 0 Å². The van der Waals surface area contributed by atoms with E-state index in [1.54, 1.807) is 0 Å². The number of para-hydroxylation sites is 1. The number of pyridine rings is 1. The molecule has 0 aliphatic rings. The Morgan fingerprint density at radius 1 is 1.24 bits per heavy atom. The number of nitrogens with one attached hydrogen (secondary N) is 1. The van der Waals surface area contributed by atoms with Gasteiger partial charge in [0.05, 0.1) is 4.47 Å². The lowest BCUT2D eigenvalue weighted by atomic mass is 10.1.